The molecule has 198 valence electrons. The summed E-state index contributed by atoms with van der Waals surface area (Å²) in [5, 5.41) is 5.98. The van der Waals surface area contributed by atoms with Crippen LogP contribution in [0.15, 0.2) is 128 Å². The minimum Gasteiger partial charge on any atom is -0.306 e. The minimum atomic E-state index is -0.173. The van der Waals surface area contributed by atoms with Crippen LogP contribution in [0.25, 0.3) is 71.7 Å². The Kier molecular flexibility index (Phi) is 4.67. The Morgan fingerprint density at radius 2 is 1.24 bits per heavy atom. The average Bonchev–Trinajstić information content (AvgIpc) is 3.48. The Morgan fingerprint density at radius 1 is 0.571 bits per heavy atom. The summed E-state index contributed by atoms with van der Waals surface area (Å²) in [7, 11) is 0. The summed E-state index contributed by atoms with van der Waals surface area (Å²) in [6, 6.07) is 43.5. The Balaban J connectivity index is 1.45. The molecular formula is C39H27N3. The lowest BCUT2D eigenvalue weighted by Crippen LogP contribution is -2.15. The van der Waals surface area contributed by atoms with Crippen molar-refractivity contribution in [1.82, 2.24) is 14.5 Å². The minimum absolute atomic E-state index is 0.173. The monoisotopic (exact) mass is 537 g/mol. The van der Waals surface area contributed by atoms with Crippen molar-refractivity contribution in [3.63, 3.8) is 0 Å². The molecule has 1 aliphatic carbocycles. The van der Waals surface area contributed by atoms with Crippen molar-refractivity contribution >= 4 is 43.5 Å². The highest BCUT2D eigenvalue weighted by Crippen LogP contribution is 2.53. The van der Waals surface area contributed by atoms with Crippen LogP contribution in [-0.4, -0.2) is 14.5 Å². The molecule has 6 aromatic carbocycles. The standard InChI is InChI=1S/C39H27N3/c1-39(2)31-19-8-7-17-28(31)29-21-22-33-35(36(29)39)37-34(42(33)32-20-10-14-25-12-4-6-16-27(25)32)23-40-38(41-37)30-18-9-13-24-11-3-5-15-26(24)30/h3-23H,1-2H3. The summed E-state index contributed by atoms with van der Waals surface area (Å²) < 4.78 is 2.37. The Morgan fingerprint density at radius 3 is 2.10 bits per heavy atom. The molecule has 0 radical (unpaired) electrons. The molecule has 0 amide bonds. The van der Waals surface area contributed by atoms with Crippen LogP contribution >= 0.6 is 0 Å². The lowest BCUT2D eigenvalue weighted by Gasteiger charge is -2.22. The molecule has 2 heterocycles. The van der Waals surface area contributed by atoms with Gasteiger partial charge in [-0.2, -0.15) is 0 Å². The molecule has 0 bridgehead atoms. The van der Waals surface area contributed by atoms with Gasteiger partial charge in [-0.05, 0) is 50.5 Å². The van der Waals surface area contributed by atoms with Gasteiger partial charge < -0.3 is 4.57 Å². The van der Waals surface area contributed by atoms with Crippen LogP contribution in [0.1, 0.15) is 25.0 Å². The lowest BCUT2D eigenvalue weighted by molar-refractivity contribution is 0.666. The molecule has 0 saturated carbocycles. The summed E-state index contributed by atoms with van der Waals surface area (Å²) >= 11 is 0. The molecule has 3 heteroatoms. The normalized spacial score (nSPS) is 13.7. The molecule has 9 rings (SSSR count). The van der Waals surface area contributed by atoms with Crippen LogP contribution in [0.4, 0.5) is 0 Å². The zero-order chi connectivity index (χ0) is 28.0. The second kappa shape index (κ2) is 8.37. The molecule has 0 spiro atoms. The summed E-state index contributed by atoms with van der Waals surface area (Å²) in [4.78, 5) is 10.5. The topological polar surface area (TPSA) is 30.7 Å². The fraction of sp³-hybridized carbons (Fsp3) is 0.0769. The van der Waals surface area contributed by atoms with Crippen LogP contribution in [-0.2, 0) is 5.41 Å². The van der Waals surface area contributed by atoms with Crippen molar-refractivity contribution in [2.24, 2.45) is 0 Å². The van der Waals surface area contributed by atoms with Crippen LogP contribution in [0, 0.1) is 0 Å². The van der Waals surface area contributed by atoms with Gasteiger partial charge in [0.25, 0.3) is 0 Å². The highest BCUT2D eigenvalue weighted by atomic mass is 15.0. The number of fused-ring (bicyclic) bond motifs is 9. The SMILES string of the molecule is CC1(C)c2ccccc2-c2ccc3c(c21)c1nc(-c2cccc4ccccc24)ncc1n3-c1cccc2ccccc12. The smallest absolute Gasteiger partial charge is 0.160 e. The molecule has 0 saturated heterocycles. The molecule has 1 aliphatic rings. The maximum Gasteiger partial charge on any atom is 0.160 e. The van der Waals surface area contributed by atoms with Crippen LogP contribution in [0.3, 0.4) is 0 Å². The Bertz CT molecular complexity index is 2380. The Labute approximate surface area is 243 Å². The number of hydrogen-bond donors (Lipinski definition) is 0. The van der Waals surface area contributed by atoms with Gasteiger partial charge >= 0.3 is 0 Å². The van der Waals surface area contributed by atoms with E-state index in [1.54, 1.807) is 0 Å². The van der Waals surface area contributed by atoms with E-state index in [1.165, 1.54) is 43.8 Å². The molecule has 0 unspecified atom stereocenters. The lowest BCUT2D eigenvalue weighted by atomic mass is 9.81. The van der Waals surface area contributed by atoms with Gasteiger partial charge in [-0.15, -0.1) is 0 Å². The van der Waals surface area contributed by atoms with Gasteiger partial charge in [0.1, 0.15) is 5.52 Å². The van der Waals surface area contributed by atoms with E-state index in [-0.39, 0.29) is 5.41 Å². The largest absolute Gasteiger partial charge is 0.306 e. The maximum absolute atomic E-state index is 5.42. The third kappa shape index (κ3) is 3.05. The number of hydrogen-bond acceptors (Lipinski definition) is 2. The molecule has 0 aliphatic heterocycles. The van der Waals surface area contributed by atoms with Crippen LogP contribution in [0.2, 0.25) is 0 Å². The van der Waals surface area contributed by atoms with E-state index in [0.717, 1.165) is 39.0 Å². The quantitative estimate of drug-likeness (QED) is 0.220. The highest BCUT2D eigenvalue weighted by molar-refractivity contribution is 6.14. The van der Waals surface area contributed by atoms with Gasteiger partial charge in [0.15, 0.2) is 5.82 Å². The van der Waals surface area contributed by atoms with Gasteiger partial charge in [0.05, 0.1) is 22.9 Å². The first-order valence-corrected chi connectivity index (χ1v) is 14.5. The zero-order valence-corrected chi connectivity index (χ0v) is 23.5. The predicted octanol–water partition coefficient (Wildman–Crippen LogP) is 9.85. The van der Waals surface area contributed by atoms with E-state index >= 15 is 0 Å². The third-order valence-corrected chi connectivity index (χ3v) is 9.23. The first-order valence-electron chi connectivity index (χ1n) is 14.5. The van der Waals surface area contributed by atoms with Crippen molar-refractivity contribution in [2.45, 2.75) is 19.3 Å². The molecule has 8 aromatic rings. The third-order valence-electron chi connectivity index (χ3n) is 9.23. The van der Waals surface area contributed by atoms with Crippen molar-refractivity contribution < 1.29 is 0 Å². The van der Waals surface area contributed by atoms with Crippen molar-refractivity contribution in [1.29, 1.82) is 0 Å². The maximum atomic E-state index is 5.42. The zero-order valence-electron chi connectivity index (χ0n) is 23.5. The molecule has 2 aromatic heterocycles. The Hall–Kier alpha value is -5.28. The number of aromatic nitrogens is 3. The van der Waals surface area contributed by atoms with E-state index in [9.17, 15) is 0 Å². The van der Waals surface area contributed by atoms with Gasteiger partial charge in [-0.25, -0.2) is 9.97 Å². The molecule has 0 atom stereocenters. The number of rotatable bonds is 2. The fourth-order valence-corrected chi connectivity index (χ4v) is 7.35. The van der Waals surface area contributed by atoms with E-state index in [2.05, 4.69) is 140 Å². The van der Waals surface area contributed by atoms with Crippen LogP contribution < -0.4 is 0 Å². The molecule has 0 fully saturated rings. The number of benzene rings is 6. The summed E-state index contributed by atoms with van der Waals surface area (Å²) in [6.07, 6.45) is 2.03. The second-order valence-electron chi connectivity index (χ2n) is 11.8. The van der Waals surface area contributed by atoms with Gasteiger partial charge in [0.2, 0.25) is 0 Å². The second-order valence-corrected chi connectivity index (χ2v) is 11.8. The average molecular weight is 538 g/mol. The van der Waals surface area contributed by atoms with Crippen LogP contribution in [0.5, 0.6) is 0 Å². The summed E-state index contributed by atoms with van der Waals surface area (Å²) in [5.41, 5.74) is 10.5. The van der Waals surface area contributed by atoms with E-state index in [0.29, 0.717) is 0 Å². The van der Waals surface area contributed by atoms with Crippen molar-refractivity contribution in [3.8, 4) is 28.2 Å². The van der Waals surface area contributed by atoms with Gasteiger partial charge in [-0.3, -0.25) is 0 Å². The first kappa shape index (κ1) is 23.4. The van der Waals surface area contributed by atoms with E-state index in [4.69, 9.17) is 9.97 Å². The predicted molar refractivity (Wildman–Crippen MR) is 174 cm³/mol. The number of nitrogens with zero attached hydrogens (tertiary/aromatic N) is 3. The molecule has 3 nitrogen and oxygen atoms in total. The van der Waals surface area contributed by atoms with E-state index < -0.39 is 0 Å². The first-order chi connectivity index (χ1) is 20.6. The highest BCUT2D eigenvalue weighted by Gasteiger charge is 2.38. The van der Waals surface area contributed by atoms with Gasteiger partial charge in [-0.1, -0.05) is 123 Å². The molecule has 42 heavy (non-hydrogen) atoms. The van der Waals surface area contributed by atoms with Gasteiger partial charge in [0, 0.05) is 21.8 Å². The summed E-state index contributed by atoms with van der Waals surface area (Å²) in [5.74, 6) is 0.752. The van der Waals surface area contributed by atoms with Crippen molar-refractivity contribution in [3.05, 3.63) is 139 Å². The summed E-state index contributed by atoms with van der Waals surface area (Å²) in [6.45, 7) is 4.70. The molecule has 0 N–H and O–H groups in total. The van der Waals surface area contributed by atoms with E-state index in [1.807, 2.05) is 6.20 Å². The fourth-order valence-electron chi connectivity index (χ4n) is 7.35. The molecular weight excluding hydrogens is 510 g/mol. The van der Waals surface area contributed by atoms with Crippen molar-refractivity contribution in [2.75, 3.05) is 0 Å².